The molecule has 0 saturated heterocycles. The molecule has 0 aliphatic carbocycles. The van der Waals surface area contributed by atoms with Gasteiger partial charge in [0.2, 0.25) is 5.91 Å². The largest absolute Gasteiger partial charge is 0.493 e. The second kappa shape index (κ2) is 10.3. The summed E-state index contributed by atoms with van der Waals surface area (Å²) in [6.07, 6.45) is 0. The summed E-state index contributed by atoms with van der Waals surface area (Å²) in [5, 5.41) is 5.42. The van der Waals surface area contributed by atoms with Crippen LogP contribution in [-0.2, 0) is 16.1 Å². The van der Waals surface area contributed by atoms with Crippen molar-refractivity contribution >= 4 is 11.9 Å². The Morgan fingerprint density at radius 1 is 1.17 bits per heavy atom. The molecule has 0 aromatic heterocycles. The maximum absolute atomic E-state index is 11.5. The van der Waals surface area contributed by atoms with Crippen molar-refractivity contribution in [2.24, 2.45) is 10.7 Å². The van der Waals surface area contributed by atoms with Crippen molar-refractivity contribution in [1.82, 2.24) is 10.6 Å². The van der Waals surface area contributed by atoms with Crippen LogP contribution in [0.4, 0.5) is 0 Å². The van der Waals surface area contributed by atoms with Crippen LogP contribution in [-0.4, -0.2) is 52.9 Å². The van der Waals surface area contributed by atoms with Crippen molar-refractivity contribution in [3.8, 4) is 11.5 Å². The van der Waals surface area contributed by atoms with Gasteiger partial charge in [0.15, 0.2) is 17.5 Å². The molecule has 0 fully saturated rings. The van der Waals surface area contributed by atoms with E-state index in [9.17, 15) is 4.79 Å². The van der Waals surface area contributed by atoms with Crippen LogP contribution in [0, 0.1) is 0 Å². The molecule has 0 aliphatic rings. The highest BCUT2D eigenvalue weighted by molar-refractivity contribution is 5.85. The molecule has 1 aromatic carbocycles. The van der Waals surface area contributed by atoms with Gasteiger partial charge in [-0.05, 0) is 17.7 Å². The SMILES string of the molecule is COCCNC(=O)CNC(N)=NCc1ccc(OC)c(OC)c1. The van der Waals surface area contributed by atoms with Crippen molar-refractivity contribution in [2.45, 2.75) is 6.54 Å². The quantitative estimate of drug-likeness (QED) is 0.332. The fourth-order valence-electron chi connectivity index (χ4n) is 1.74. The van der Waals surface area contributed by atoms with Crippen molar-refractivity contribution < 1.29 is 19.0 Å². The van der Waals surface area contributed by atoms with Crippen LogP contribution < -0.4 is 25.8 Å². The van der Waals surface area contributed by atoms with E-state index in [1.165, 1.54) is 0 Å². The van der Waals surface area contributed by atoms with Gasteiger partial charge in [0, 0.05) is 13.7 Å². The number of hydrogen-bond acceptors (Lipinski definition) is 5. The number of guanidine groups is 1. The van der Waals surface area contributed by atoms with E-state index in [1.807, 2.05) is 12.1 Å². The van der Waals surface area contributed by atoms with E-state index in [0.717, 1.165) is 5.56 Å². The molecule has 8 nitrogen and oxygen atoms in total. The zero-order valence-corrected chi connectivity index (χ0v) is 13.7. The van der Waals surface area contributed by atoms with Gasteiger partial charge in [0.05, 0.1) is 33.9 Å². The summed E-state index contributed by atoms with van der Waals surface area (Å²) >= 11 is 0. The number of nitrogens with zero attached hydrogens (tertiary/aromatic N) is 1. The molecule has 0 spiro atoms. The zero-order valence-electron chi connectivity index (χ0n) is 13.7. The molecule has 8 heteroatoms. The first-order valence-corrected chi connectivity index (χ1v) is 7.11. The lowest BCUT2D eigenvalue weighted by Gasteiger charge is -2.09. The Morgan fingerprint density at radius 2 is 1.91 bits per heavy atom. The third-order valence-electron chi connectivity index (χ3n) is 2.94. The standard InChI is InChI=1S/C15H24N4O4/c1-21-7-6-17-14(20)10-19-15(16)18-9-11-4-5-12(22-2)13(8-11)23-3/h4-5,8H,6-7,9-10H2,1-3H3,(H,17,20)(H3,16,18,19). The Labute approximate surface area is 136 Å². The monoisotopic (exact) mass is 324 g/mol. The highest BCUT2D eigenvalue weighted by Gasteiger charge is 2.05. The molecule has 0 unspecified atom stereocenters. The number of carbonyl (C=O) groups is 1. The van der Waals surface area contributed by atoms with Crippen LogP contribution in [0.25, 0.3) is 0 Å². The van der Waals surface area contributed by atoms with Crippen LogP contribution in [0.5, 0.6) is 11.5 Å². The van der Waals surface area contributed by atoms with Gasteiger partial charge in [0.25, 0.3) is 0 Å². The van der Waals surface area contributed by atoms with Crippen LogP contribution in [0.15, 0.2) is 23.2 Å². The van der Waals surface area contributed by atoms with Crippen LogP contribution in [0.3, 0.4) is 0 Å². The highest BCUT2D eigenvalue weighted by Crippen LogP contribution is 2.27. The van der Waals surface area contributed by atoms with Crippen molar-refractivity contribution in [1.29, 1.82) is 0 Å². The molecule has 1 amide bonds. The Hall–Kier alpha value is -2.48. The lowest BCUT2D eigenvalue weighted by Crippen LogP contribution is -2.41. The van der Waals surface area contributed by atoms with Crippen LogP contribution in [0.2, 0.25) is 0 Å². The predicted octanol–water partition coefficient (Wildman–Crippen LogP) is -0.129. The number of benzene rings is 1. The molecule has 0 radical (unpaired) electrons. The predicted molar refractivity (Wildman–Crippen MR) is 87.8 cm³/mol. The van der Waals surface area contributed by atoms with Crippen LogP contribution in [0.1, 0.15) is 5.56 Å². The zero-order chi connectivity index (χ0) is 17.1. The lowest BCUT2D eigenvalue weighted by molar-refractivity contribution is -0.120. The minimum Gasteiger partial charge on any atom is -0.493 e. The molecule has 0 atom stereocenters. The minimum atomic E-state index is -0.175. The summed E-state index contributed by atoms with van der Waals surface area (Å²) in [6, 6.07) is 5.50. The van der Waals surface area contributed by atoms with Crippen molar-refractivity contribution in [2.75, 3.05) is 41.0 Å². The molecule has 0 bridgehead atoms. The Kier molecular flexibility index (Phi) is 8.30. The Bertz CT molecular complexity index is 534. The van der Waals surface area contributed by atoms with Gasteiger partial charge in [-0.1, -0.05) is 6.07 Å². The minimum absolute atomic E-state index is 0.0605. The third kappa shape index (κ3) is 6.88. The number of rotatable bonds is 9. The molecule has 23 heavy (non-hydrogen) atoms. The molecular formula is C15H24N4O4. The summed E-state index contributed by atoms with van der Waals surface area (Å²) < 4.78 is 15.2. The molecule has 1 aromatic rings. The summed E-state index contributed by atoms with van der Waals surface area (Å²) in [6.45, 7) is 1.35. The van der Waals surface area contributed by atoms with Crippen LogP contribution >= 0.6 is 0 Å². The third-order valence-corrected chi connectivity index (χ3v) is 2.94. The van der Waals surface area contributed by atoms with Gasteiger partial charge in [-0.25, -0.2) is 4.99 Å². The smallest absolute Gasteiger partial charge is 0.239 e. The normalized spacial score (nSPS) is 11.0. The van der Waals surface area contributed by atoms with E-state index in [1.54, 1.807) is 27.4 Å². The number of nitrogens with two attached hydrogens (primary N) is 1. The fraction of sp³-hybridized carbons (Fsp3) is 0.467. The van der Waals surface area contributed by atoms with E-state index in [4.69, 9.17) is 19.9 Å². The van der Waals surface area contributed by atoms with Gasteiger partial charge >= 0.3 is 0 Å². The number of nitrogens with one attached hydrogen (secondary N) is 2. The fourth-order valence-corrected chi connectivity index (χ4v) is 1.74. The van der Waals surface area contributed by atoms with Gasteiger partial charge in [-0.15, -0.1) is 0 Å². The summed E-state index contributed by atoms with van der Waals surface area (Å²) in [5.74, 6) is 1.30. The van der Waals surface area contributed by atoms with Crippen molar-refractivity contribution in [3.05, 3.63) is 23.8 Å². The van der Waals surface area contributed by atoms with E-state index < -0.39 is 0 Å². The summed E-state index contributed by atoms with van der Waals surface area (Å²) in [4.78, 5) is 15.7. The topological polar surface area (TPSA) is 107 Å². The highest BCUT2D eigenvalue weighted by atomic mass is 16.5. The second-order valence-electron chi connectivity index (χ2n) is 4.59. The number of ether oxygens (including phenoxy) is 3. The van der Waals surface area contributed by atoms with E-state index in [2.05, 4.69) is 15.6 Å². The molecular weight excluding hydrogens is 300 g/mol. The summed E-state index contributed by atoms with van der Waals surface area (Å²) in [7, 11) is 4.72. The van der Waals surface area contributed by atoms with Crippen molar-refractivity contribution in [3.63, 3.8) is 0 Å². The average molecular weight is 324 g/mol. The first kappa shape index (κ1) is 18.6. The van der Waals surface area contributed by atoms with Gasteiger partial charge in [0.1, 0.15) is 0 Å². The van der Waals surface area contributed by atoms with Gasteiger partial charge < -0.3 is 30.6 Å². The summed E-state index contributed by atoms with van der Waals surface area (Å²) in [5.41, 5.74) is 6.64. The first-order valence-electron chi connectivity index (χ1n) is 7.11. The van der Waals surface area contributed by atoms with Gasteiger partial charge in [-0.2, -0.15) is 0 Å². The Morgan fingerprint density at radius 3 is 2.57 bits per heavy atom. The number of aliphatic imine (C=N–C) groups is 1. The maximum Gasteiger partial charge on any atom is 0.239 e. The van der Waals surface area contributed by atoms with Gasteiger partial charge in [-0.3, -0.25) is 4.79 Å². The lowest BCUT2D eigenvalue weighted by atomic mass is 10.2. The molecule has 4 N–H and O–H groups in total. The van der Waals surface area contributed by atoms with E-state index in [-0.39, 0.29) is 18.4 Å². The molecule has 0 aliphatic heterocycles. The number of hydrogen-bond donors (Lipinski definition) is 3. The first-order chi connectivity index (χ1) is 11.1. The molecule has 1 rings (SSSR count). The molecule has 0 saturated carbocycles. The van der Waals surface area contributed by atoms with E-state index >= 15 is 0 Å². The average Bonchev–Trinajstić information content (AvgIpc) is 2.58. The second-order valence-corrected chi connectivity index (χ2v) is 4.59. The molecule has 128 valence electrons. The number of carbonyl (C=O) groups excluding carboxylic acids is 1. The Balaban J connectivity index is 2.45. The number of methoxy groups -OCH3 is 3. The number of amides is 1. The molecule has 0 heterocycles. The maximum atomic E-state index is 11.5. The van der Waals surface area contributed by atoms with E-state index in [0.29, 0.717) is 31.2 Å².